The second-order valence-electron chi connectivity index (χ2n) is 4.91. The van der Waals surface area contributed by atoms with Gasteiger partial charge in [0.05, 0.1) is 18.2 Å². The van der Waals surface area contributed by atoms with E-state index < -0.39 is 0 Å². The quantitative estimate of drug-likeness (QED) is 0.836. The summed E-state index contributed by atoms with van der Waals surface area (Å²) >= 11 is 6.08. The van der Waals surface area contributed by atoms with E-state index >= 15 is 0 Å². The number of benzene rings is 1. The van der Waals surface area contributed by atoms with Crippen molar-refractivity contribution in [3.63, 3.8) is 0 Å². The van der Waals surface area contributed by atoms with Gasteiger partial charge in [0.2, 0.25) is 0 Å². The van der Waals surface area contributed by atoms with E-state index in [-0.39, 0.29) is 11.8 Å². The molecule has 0 saturated carbocycles. The topological polar surface area (TPSA) is 38.3 Å². The van der Waals surface area contributed by atoms with Crippen LogP contribution in [0.5, 0.6) is 5.75 Å². The Morgan fingerprint density at radius 1 is 1.39 bits per heavy atom. The van der Waals surface area contributed by atoms with Crippen molar-refractivity contribution in [2.75, 3.05) is 13.2 Å². The summed E-state index contributed by atoms with van der Waals surface area (Å²) in [6.45, 7) is 1.56. The number of carbonyl (C=O) groups is 1. The van der Waals surface area contributed by atoms with Gasteiger partial charge in [-0.15, -0.1) is 0 Å². The normalized spacial score (nSPS) is 22.4. The van der Waals surface area contributed by atoms with Crippen LogP contribution in [0.3, 0.4) is 0 Å². The van der Waals surface area contributed by atoms with Crippen molar-refractivity contribution in [1.82, 2.24) is 5.32 Å². The molecular formula is C14H16ClNO2. The van der Waals surface area contributed by atoms with Gasteiger partial charge in [-0.25, -0.2) is 0 Å². The van der Waals surface area contributed by atoms with Crippen LogP contribution in [0.4, 0.5) is 0 Å². The van der Waals surface area contributed by atoms with Crippen LogP contribution < -0.4 is 10.1 Å². The Kier molecular flexibility index (Phi) is 3.27. The second kappa shape index (κ2) is 4.90. The molecule has 18 heavy (non-hydrogen) atoms. The van der Waals surface area contributed by atoms with E-state index in [2.05, 4.69) is 5.32 Å². The summed E-state index contributed by atoms with van der Waals surface area (Å²) in [6, 6.07) is 3.56. The van der Waals surface area contributed by atoms with Gasteiger partial charge >= 0.3 is 0 Å². The lowest BCUT2D eigenvalue weighted by Crippen LogP contribution is -2.40. The number of fused-ring (bicyclic) bond motifs is 1. The van der Waals surface area contributed by atoms with Gasteiger partial charge in [-0.1, -0.05) is 18.0 Å². The first-order valence-electron chi connectivity index (χ1n) is 6.48. The Labute approximate surface area is 111 Å². The molecule has 4 heteroatoms. The molecule has 0 aromatic heterocycles. The molecule has 1 fully saturated rings. The van der Waals surface area contributed by atoms with Gasteiger partial charge in [0.25, 0.3) is 0 Å². The highest BCUT2D eigenvalue weighted by molar-refractivity contribution is 6.31. The molecule has 0 spiro atoms. The molecule has 96 valence electrons. The first-order valence-corrected chi connectivity index (χ1v) is 6.86. The van der Waals surface area contributed by atoms with E-state index in [1.807, 2.05) is 6.07 Å². The zero-order chi connectivity index (χ0) is 12.5. The first kappa shape index (κ1) is 12.0. The SMILES string of the molecule is O=C(c1cc(Cl)cc2c1OCC2)C1CCCCN1. The molecule has 2 heterocycles. The number of ether oxygens (including phenoxy) is 1. The number of piperidine rings is 1. The lowest BCUT2D eigenvalue weighted by atomic mass is 9.94. The van der Waals surface area contributed by atoms with E-state index in [1.54, 1.807) is 6.07 Å². The van der Waals surface area contributed by atoms with Crippen LogP contribution in [0.15, 0.2) is 12.1 Å². The lowest BCUT2D eigenvalue weighted by Gasteiger charge is -2.23. The van der Waals surface area contributed by atoms with Crippen molar-refractivity contribution in [1.29, 1.82) is 0 Å². The highest BCUT2D eigenvalue weighted by Crippen LogP contribution is 2.34. The number of ketones is 1. The van der Waals surface area contributed by atoms with E-state index in [9.17, 15) is 4.79 Å². The summed E-state index contributed by atoms with van der Waals surface area (Å²) in [5, 5.41) is 3.90. The van der Waals surface area contributed by atoms with Crippen LogP contribution in [-0.2, 0) is 6.42 Å². The van der Waals surface area contributed by atoms with Crippen molar-refractivity contribution in [2.45, 2.75) is 31.7 Å². The Morgan fingerprint density at radius 3 is 3.06 bits per heavy atom. The molecule has 1 atom stereocenters. The van der Waals surface area contributed by atoms with Crippen molar-refractivity contribution in [3.8, 4) is 5.75 Å². The monoisotopic (exact) mass is 265 g/mol. The van der Waals surface area contributed by atoms with E-state index in [1.165, 1.54) is 0 Å². The molecule has 3 rings (SSSR count). The standard InChI is InChI=1S/C14H16ClNO2/c15-10-7-9-4-6-18-14(9)11(8-10)13(17)12-3-1-2-5-16-12/h7-8,12,16H,1-6H2. The predicted molar refractivity (Wildman–Crippen MR) is 70.6 cm³/mol. The second-order valence-corrected chi connectivity index (χ2v) is 5.34. The number of hydrogen-bond donors (Lipinski definition) is 1. The highest BCUT2D eigenvalue weighted by atomic mass is 35.5. The third-order valence-corrected chi connectivity index (χ3v) is 3.86. The van der Waals surface area contributed by atoms with Crippen molar-refractivity contribution in [3.05, 3.63) is 28.3 Å². The van der Waals surface area contributed by atoms with Gasteiger partial charge in [-0.05, 0) is 37.1 Å². The van der Waals surface area contributed by atoms with Crippen LogP contribution in [0, 0.1) is 0 Å². The summed E-state index contributed by atoms with van der Waals surface area (Å²) in [4.78, 5) is 12.5. The minimum Gasteiger partial charge on any atom is -0.492 e. The summed E-state index contributed by atoms with van der Waals surface area (Å²) < 4.78 is 5.59. The Morgan fingerprint density at radius 2 is 2.28 bits per heavy atom. The summed E-state index contributed by atoms with van der Waals surface area (Å²) in [6.07, 6.45) is 4.00. The lowest BCUT2D eigenvalue weighted by molar-refractivity contribution is 0.0924. The molecular weight excluding hydrogens is 250 g/mol. The summed E-state index contributed by atoms with van der Waals surface area (Å²) in [5.74, 6) is 0.868. The molecule has 3 nitrogen and oxygen atoms in total. The third kappa shape index (κ3) is 2.13. The molecule has 1 aromatic carbocycles. The van der Waals surface area contributed by atoms with Crippen molar-refractivity contribution in [2.24, 2.45) is 0 Å². The highest BCUT2D eigenvalue weighted by Gasteiger charge is 2.28. The average Bonchev–Trinajstić information content (AvgIpc) is 2.86. The molecule has 1 saturated heterocycles. The average molecular weight is 266 g/mol. The van der Waals surface area contributed by atoms with Gasteiger partial charge < -0.3 is 10.1 Å². The summed E-state index contributed by atoms with van der Waals surface area (Å²) in [5.41, 5.74) is 1.70. The molecule has 2 aliphatic rings. The van der Waals surface area contributed by atoms with Gasteiger partial charge in [-0.2, -0.15) is 0 Å². The molecule has 1 N–H and O–H groups in total. The Bertz CT molecular complexity index is 481. The Hall–Kier alpha value is -1.06. The molecule has 0 amide bonds. The molecule has 0 aliphatic carbocycles. The van der Waals surface area contributed by atoms with E-state index in [4.69, 9.17) is 16.3 Å². The van der Waals surface area contributed by atoms with Gasteiger partial charge in [0.15, 0.2) is 5.78 Å². The maximum atomic E-state index is 12.5. The zero-order valence-electron chi connectivity index (χ0n) is 10.2. The van der Waals surface area contributed by atoms with Crippen LogP contribution in [0.1, 0.15) is 35.2 Å². The number of hydrogen-bond acceptors (Lipinski definition) is 3. The minimum absolute atomic E-state index is 0.0782. The largest absolute Gasteiger partial charge is 0.492 e. The van der Waals surface area contributed by atoms with Gasteiger partial charge in [0, 0.05) is 11.4 Å². The van der Waals surface area contributed by atoms with Crippen molar-refractivity contribution < 1.29 is 9.53 Å². The number of halogens is 1. The fourth-order valence-corrected chi connectivity index (χ4v) is 2.96. The van der Waals surface area contributed by atoms with E-state index in [0.717, 1.165) is 43.5 Å². The molecule has 0 bridgehead atoms. The first-order chi connectivity index (χ1) is 8.75. The minimum atomic E-state index is -0.0782. The van der Waals surface area contributed by atoms with Gasteiger partial charge in [0.1, 0.15) is 5.75 Å². The van der Waals surface area contributed by atoms with Crippen LogP contribution in [-0.4, -0.2) is 25.0 Å². The third-order valence-electron chi connectivity index (χ3n) is 3.64. The van der Waals surface area contributed by atoms with Gasteiger partial charge in [-0.3, -0.25) is 4.79 Å². The van der Waals surface area contributed by atoms with E-state index in [0.29, 0.717) is 17.2 Å². The number of rotatable bonds is 2. The number of carbonyl (C=O) groups excluding carboxylic acids is 1. The van der Waals surface area contributed by atoms with Crippen LogP contribution >= 0.6 is 11.6 Å². The predicted octanol–water partition coefficient (Wildman–Crippen LogP) is 2.60. The maximum absolute atomic E-state index is 12.5. The smallest absolute Gasteiger partial charge is 0.183 e. The molecule has 2 aliphatic heterocycles. The zero-order valence-corrected chi connectivity index (χ0v) is 10.9. The Balaban J connectivity index is 1.93. The van der Waals surface area contributed by atoms with Crippen molar-refractivity contribution >= 4 is 17.4 Å². The molecule has 0 radical (unpaired) electrons. The maximum Gasteiger partial charge on any atom is 0.183 e. The number of nitrogens with one attached hydrogen (secondary N) is 1. The number of Topliss-reactive ketones (excluding diaryl/α,β-unsaturated/α-hetero) is 1. The molecule has 1 unspecified atom stereocenters. The molecule has 1 aromatic rings. The fourth-order valence-electron chi connectivity index (χ4n) is 2.72. The van der Waals surface area contributed by atoms with Crippen LogP contribution in [0.25, 0.3) is 0 Å². The summed E-state index contributed by atoms with van der Waals surface area (Å²) in [7, 11) is 0. The van der Waals surface area contributed by atoms with Crippen LogP contribution in [0.2, 0.25) is 5.02 Å². The fraction of sp³-hybridized carbons (Fsp3) is 0.500.